The predicted molar refractivity (Wildman–Crippen MR) is 48.0 cm³/mol. The lowest BCUT2D eigenvalue weighted by atomic mass is 10.3. The zero-order valence-electron chi connectivity index (χ0n) is 6.95. The van der Waals surface area contributed by atoms with Crippen LogP contribution in [0.25, 0.3) is 0 Å². The summed E-state index contributed by atoms with van der Waals surface area (Å²) in [5.74, 6) is -0.820. The van der Waals surface area contributed by atoms with Crippen LogP contribution in [0.4, 0.5) is 0 Å². The Labute approximate surface area is 75.7 Å². The summed E-state index contributed by atoms with van der Waals surface area (Å²) < 4.78 is 0. The minimum Gasteiger partial charge on any atom is -0.481 e. The number of aliphatic carboxylic acids is 1. The van der Waals surface area contributed by atoms with Crippen LogP contribution < -0.4 is 5.32 Å². The van der Waals surface area contributed by atoms with Gasteiger partial charge in [-0.25, -0.2) is 0 Å². The molecule has 0 bridgehead atoms. The number of carboxylic acids is 1. The monoisotopic (exact) mass is 191 g/mol. The van der Waals surface area contributed by atoms with Gasteiger partial charge in [-0.2, -0.15) is 0 Å². The molecule has 0 fully saturated rings. The third kappa shape index (κ3) is 6.03. The van der Waals surface area contributed by atoms with E-state index in [0.29, 0.717) is 6.41 Å². The zero-order chi connectivity index (χ0) is 9.40. The maximum Gasteiger partial charge on any atom is 0.313 e. The van der Waals surface area contributed by atoms with Gasteiger partial charge in [-0.15, -0.1) is 11.8 Å². The van der Waals surface area contributed by atoms with E-state index >= 15 is 0 Å². The number of hydrogen-bond acceptors (Lipinski definition) is 3. The normalized spacial score (nSPS) is 12.1. The molecule has 0 saturated heterocycles. The van der Waals surface area contributed by atoms with Gasteiger partial charge in [0.1, 0.15) is 0 Å². The number of carbonyl (C=O) groups is 2. The van der Waals surface area contributed by atoms with E-state index in [1.54, 1.807) is 0 Å². The third-order valence-corrected chi connectivity index (χ3v) is 2.40. The van der Waals surface area contributed by atoms with Crippen LogP contribution in [0, 0.1) is 0 Å². The number of thioether (sulfide) groups is 1. The summed E-state index contributed by atoms with van der Waals surface area (Å²) in [4.78, 5) is 20.2. The van der Waals surface area contributed by atoms with Gasteiger partial charge >= 0.3 is 5.97 Å². The minimum absolute atomic E-state index is 0.0332. The molecular formula is C7H13NO3S. The van der Waals surface area contributed by atoms with Crippen LogP contribution in [0.15, 0.2) is 0 Å². The van der Waals surface area contributed by atoms with Crippen LogP contribution >= 0.6 is 11.8 Å². The van der Waals surface area contributed by atoms with Gasteiger partial charge < -0.3 is 10.4 Å². The van der Waals surface area contributed by atoms with Crippen molar-refractivity contribution in [2.75, 3.05) is 5.75 Å². The molecule has 0 aliphatic heterocycles. The van der Waals surface area contributed by atoms with Gasteiger partial charge in [0, 0.05) is 0 Å². The largest absolute Gasteiger partial charge is 0.481 e. The zero-order valence-corrected chi connectivity index (χ0v) is 7.76. The first-order chi connectivity index (χ1) is 5.70. The minimum atomic E-state index is -0.853. The Kier molecular flexibility index (Phi) is 6.55. The molecule has 1 unspecified atom stereocenters. The predicted octanol–water partition coefficient (Wildman–Crippen LogP) is 0.676. The van der Waals surface area contributed by atoms with Gasteiger partial charge in [0.2, 0.25) is 6.41 Å². The van der Waals surface area contributed by atoms with Gasteiger partial charge in [-0.05, 0) is 6.42 Å². The van der Waals surface area contributed by atoms with E-state index in [-0.39, 0.29) is 11.1 Å². The summed E-state index contributed by atoms with van der Waals surface area (Å²) in [6, 6.07) is 0. The number of rotatable bonds is 7. The smallest absolute Gasteiger partial charge is 0.313 e. The average Bonchev–Trinajstić information content (AvgIpc) is 2.01. The van der Waals surface area contributed by atoms with Crippen molar-refractivity contribution in [3.63, 3.8) is 0 Å². The third-order valence-electron chi connectivity index (χ3n) is 1.21. The summed E-state index contributed by atoms with van der Waals surface area (Å²) in [7, 11) is 0. The van der Waals surface area contributed by atoms with E-state index in [4.69, 9.17) is 5.11 Å². The second kappa shape index (κ2) is 6.97. The molecule has 0 spiro atoms. The Hall–Kier alpha value is -0.710. The molecule has 0 aliphatic carbocycles. The highest BCUT2D eigenvalue weighted by Gasteiger charge is 2.08. The van der Waals surface area contributed by atoms with E-state index in [9.17, 15) is 9.59 Å². The van der Waals surface area contributed by atoms with Crippen LogP contribution in [0.1, 0.15) is 19.8 Å². The Balaban J connectivity index is 3.61. The van der Waals surface area contributed by atoms with E-state index in [1.165, 1.54) is 11.8 Å². The number of nitrogens with one attached hydrogen (secondary N) is 1. The maximum atomic E-state index is 10.2. The van der Waals surface area contributed by atoms with E-state index in [0.717, 1.165) is 12.8 Å². The molecule has 0 rings (SSSR count). The van der Waals surface area contributed by atoms with Crippen molar-refractivity contribution in [3.8, 4) is 0 Å². The van der Waals surface area contributed by atoms with E-state index < -0.39 is 5.97 Å². The summed E-state index contributed by atoms with van der Waals surface area (Å²) in [6.45, 7) is 1.99. The lowest BCUT2D eigenvalue weighted by Crippen LogP contribution is -2.25. The Bertz CT molecular complexity index is 152. The molecular weight excluding hydrogens is 178 g/mol. The molecule has 4 nitrogen and oxygen atoms in total. The molecule has 0 saturated carbocycles. The van der Waals surface area contributed by atoms with Crippen molar-refractivity contribution in [3.05, 3.63) is 0 Å². The van der Waals surface area contributed by atoms with Crippen LogP contribution in [-0.4, -0.2) is 28.6 Å². The summed E-state index contributed by atoms with van der Waals surface area (Å²) >= 11 is 1.24. The molecule has 5 heteroatoms. The molecule has 0 heterocycles. The molecule has 0 aromatic carbocycles. The topological polar surface area (TPSA) is 66.4 Å². The quantitative estimate of drug-likeness (QED) is 0.458. The molecule has 1 atom stereocenters. The SMILES string of the molecule is CCCC(NC=O)SCC(=O)O. The van der Waals surface area contributed by atoms with Crippen molar-refractivity contribution in [2.45, 2.75) is 25.1 Å². The van der Waals surface area contributed by atoms with Crippen molar-refractivity contribution < 1.29 is 14.7 Å². The lowest BCUT2D eigenvalue weighted by molar-refractivity contribution is -0.134. The van der Waals surface area contributed by atoms with Crippen LogP contribution in [0.5, 0.6) is 0 Å². The number of carbonyl (C=O) groups excluding carboxylic acids is 1. The fourth-order valence-electron chi connectivity index (χ4n) is 0.725. The Morgan fingerprint density at radius 3 is 2.83 bits per heavy atom. The van der Waals surface area contributed by atoms with Crippen LogP contribution in [-0.2, 0) is 9.59 Å². The van der Waals surface area contributed by atoms with E-state index in [2.05, 4.69) is 5.32 Å². The molecule has 0 aromatic heterocycles. The van der Waals surface area contributed by atoms with Crippen LogP contribution in [0.2, 0.25) is 0 Å². The highest BCUT2D eigenvalue weighted by atomic mass is 32.2. The van der Waals surface area contributed by atoms with Gasteiger partial charge in [0.25, 0.3) is 0 Å². The fourth-order valence-corrected chi connectivity index (χ4v) is 1.62. The number of amides is 1. The van der Waals surface area contributed by atoms with Crippen molar-refractivity contribution >= 4 is 24.1 Å². The van der Waals surface area contributed by atoms with E-state index in [1.807, 2.05) is 6.92 Å². The van der Waals surface area contributed by atoms with Gasteiger partial charge in [0.05, 0.1) is 11.1 Å². The number of carboxylic acid groups (broad SMARTS) is 1. The lowest BCUT2D eigenvalue weighted by Gasteiger charge is -2.12. The summed E-state index contributed by atoms with van der Waals surface area (Å²) in [5.41, 5.74) is 0. The second-order valence-electron chi connectivity index (χ2n) is 2.27. The first-order valence-corrected chi connectivity index (χ1v) is 4.78. The average molecular weight is 191 g/mol. The van der Waals surface area contributed by atoms with Crippen molar-refractivity contribution in [2.24, 2.45) is 0 Å². The van der Waals surface area contributed by atoms with Gasteiger partial charge in [-0.3, -0.25) is 9.59 Å². The Morgan fingerprint density at radius 1 is 1.75 bits per heavy atom. The Morgan fingerprint density at radius 2 is 2.42 bits per heavy atom. The summed E-state index contributed by atoms with van der Waals surface area (Å²) in [5, 5.41) is 10.9. The molecule has 2 N–H and O–H groups in total. The standard InChI is InChI=1S/C7H13NO3S/c1-2-3-6(8-5-9)12-4-7(10)11/h5-6H,2-4H2,1H3,(H,8,9)(H,10,11). The second-order valence-corrected chi connectivity index (χ2v) is 3.46. The van der Waals surface area contributed by atoms with Gasteiger partial charge in [-0.1, -0.05) is 13.3 Å². The van der Waals surface area contributed by atoms with Crippen molar-refractivity contribution in [1.82, 2.24) is 5.32 Å². The molecule has 0 aromatic rings. The maximum absolute atomic E-state index is 10.2. The first-order valence-electron chi connectivity index (χ1n) is 3.73. The molecule has 1 amide bonds. The fraction of sp³-hybridized carbons (Fsp3) is 0.714. The highest BCUT2D eigenvalue weighted by Crippen LogP contribution is 2.12. The molecule has 12 heavy (non-hydrogen) atoms. The first kappa shape index (κ1) is 11.3. The highest BCUT2D eigenvalue weighted by molar-refractivity contribution is 8.00. The molecule has 70 valence electrons. The summed E-state index contributed by atoms with van der Waals surface area (Å²) in [6.07, 6.45) is 2.34. The molecule has 0 radical (unpaired) electrons. The molecule has 0 aliphatic rings. The van der Waals surface area contributed by atoms with Crippen LogP contribution in [0.3, 0.4) is 0 Å². The van der Waals surface area contributed by atoms with Gasteiger partial charge in [0.15, 0.2) is 0 Å². The number of hydrogen-bond donors (Lipinski definition) is 2. The van der Waals surface area contributed by atoms with Crippen molar-refractivity contribution in [1.29, 1.82) is 0 Å².